The average molecular weight is 880 g/mol. The van der Waals surface area contributed by atoms with Gasteiger partial charge in [0.05, 0.1) is 22.4 Å². The summed E-state index contributed by atoms with van der Waals surface area (Å²) in [6, 6.07) is 46.8. The molecule has 0 amide bonds. The van der Waals surface area contributed by atoms with Gasteiger partial charge in [0, 0.05) is 10.6 Å². The molecule has 0 N–H and O–H groups in total. The second kappa shape index (κ2) is 22.5. The van der Waals surface area contributed by atoms with E-state index in [4.69, 9.17) is 23.3 Å². The molecule has 0 aromatic heterocycles. The number of fused-ring (bicyclic) bond motifs is 2. The second-order valence-electron chi connectivity index (χ2n) is 17.4. The van der Waals surface area contributed by atoms with Gasteiger partial charge in [-0.1, -0.05) is 158 Å². The zero-order valence-electron chi connectivity index (χ0n) is 38.0. The van der Waals surface area contributed by atoms with Gasteiger partial charge < -0.3 is 30.2 Å². The van der Waals surface area contributed by atoms with E-state index in [1.54, 1.807) is 0 Å². The molecule has 2 aliphatic rings. The van der Waals surface area contributed by atoms with Crippen LogP contribution >= 0.6 is 15.9 Å². The zero-order valence-corrected chi connectivity index (χ0v) is 39.6. The van der Waals surface area contributed by atoms with Crippen LogP contribution in [-0.4, -0.2) is 42.9 Å². The Hall–Kier alpha value is -3.15. The standard InChI is InChI=1S/C22H23BO2.C16H11Br.C9H19BO3.C4H9.CH4.Li/c1-21(2)22(3,4)25-23(24-21)18-14-12-17(13-15-18)20-11-7-9-16-8-5-6-10-19(16)20;17-14-10-8-13(9-11-14)16-7-3-5-12-4-1-2-6-15(12)16;1-7(2)11-10-12-8(3,4)9(5,6)13-10;1-3-4-2;;/h5-15H,1-4H3;1-11H;7H,1-6H3;1,3-4H2,2H3;1H4;/q;;;-1;;+1. The minimum Gasteiger partial charge on any atom is -0.399 e. The Kier molecular flexibility index (Phi) is 19.2. The van der Waals surface area contributed by atoms with Crippen LogP contribution in [0, 0.1) is 6.92 Å². The van der Waals surface area contributed by atoms with Gasteiger partial charge in [-0.05, 0) is 131 Å². The number of unbranched alkanes of at least 4 members (excludes halogenated alkanes) is 1. The maximum absolute atomic E-state index is 6.14. The van der Waals surface area contributed by atoms with E-state index in [1.165, 1.54) is 50.2 Å². The molecule has 318 valence electrons. The van der Waals surface area contributed by atoms with Gasteiger partial charge in [0.1, 0.15) is 0 Å². The van der Waals surface area contributed by atoms with Crippen LogP contribution in [0.2, 0.25) is 0 Å². The van der Waals surface area contributed by atoms with Crippen LogP contribution in [0.3, 0.4) is 0 Å². The van der Waals surface area contributed by atoms with Crippen molar-refractivity contribution in [2.24, 2.45) is 0 Å². The molecular formula is C52H66B2BrLiO5. The van der Waals surface area contributed by atoms with Crippen molar-refractivity contribution in [3.8, 4) is 22.3 Å². The Morgan fingerprint density at radius 2 is 0.918 bits per heavy atom. The molecule has 5 nitrogen and oxygen atoms in total. The summed E-state index contributed by atoms with van der Waals surface area (Å²) in [4.78, 5) is 0. The van der Waals surface area contributed by atoms with Gasteiger partial charge in [0.15, 0.2) is 0 Å². The number of hydrogen-bond acceptors (Lipinski definition) is 5. The monoisotopic (exact) mass is 878 g/mol. The molecule has 0 radical (unpaired) electrons. The predicted molar refractivity (Wildman–Crippen MR) is 261 cm³/mol. The summed E-state index contributed by atoms with van der Waals surface area (Å²) in [6.07, 6.45) is 2.40. The minimum absolute atomic E-state index is 0. The van der Waals surface area contributed by atoms with Crippen molar-refractivity contribution in [1.82, 2.24) is 0 Å². The summed E-state index contributed by atoms with van der Waals surface area (Å²) in [6.45, 7) is 26.0. The first-order valence-electron chi connectivity index (χ1n) is 20.9. The Morgan fingerprint density at radius 3 is 1.31 bits per heavy atom. The molecule has 8 rings (SSSR count). The van der Waals surface area contributed by atoms with Gasteiger partial charge in [0.2, 0.25) is 0 Å². The maximum Gasteiger partial charge on any atom is 1.00 e. The molecule has 9 heteroatoms. The molecule has 2 saturated heterocycles. The average Bonchev–Trinajstić information content (AvgIpc) is 3.56. The predicted octanol–water partition coefficient (Wildman–Crippen LogP) is 11.3. The van der Waals surface area contributed by atoms with Crippen LogP contribution in [0.1, 0.15) is 96.4 Å². The molecule has 0 aliphatic carbocycles. The Balaban J connectivity index is 0.000000241. The molecule has 0 unspecified atom stereocenters. The van der Waals surface area contributed by atoms with Crippen LogP contribution in [0.5, 0.6) is 0 Å². The summed E-state index contributed by atoms with van der Waals surface area (Å²) in [5.41, 5.74) is 4.83. The summed E-state index contributed by atoms with van der Waals surface area (Å²) in [5, 5.41) is 5.12. The molecular weight excluding hydrogens is 813 g/mol. The molecule has 0 spiro atoms. The minimum atomic E-state index is -0.523. The third kappa shape index (κ3) is 13.2. The van der Waals surface area contributed by atoms with Crippen LogP contribution < -0.4 is 24.3 Å². The molecule has 0 bridgehead atoms. The van der Waals surface area contributed by atoms with Crippen molar-refractivity contribution in [1.29, 1.82) is 0 Å². The van der Waals surface area contributed by atoms with E-state index in [-0.39, 0.29) is 61.9 Å². The normalized spacial score (nSPS) is 16.6. The van der Waals surface area contributed by atoms with Crippen molar-refractivity contribution in [2.75, 3.05) is 0 Å². The van der Waals surface area contributed by atoms with Crippen molar-refractivity contribution < 1.29 is 42.1 Å². The third-order valence-corrected chi connectivity index (χ3v) is 12.0. The van der Waals surface area contributed by atoms with Gasteiger partial charge in [0.25, 0.3) is 0 Å². The number of rotatable bonds is 6. The van der Waals surface area contributed by atoms with Crippen LogP contribution in [-0.2, 0) is 23.3 Å². The summed E-state index contributed by atoms with van der Waals surface area (Å²) < 4.78 is 30.1. The van der Waals surface area contributed by atoms with E-state index in [0.717, 1.165) is 16.4 Å². The molecule has 0 atom stereocenters. The fourth-order valence-corrected chi connectivity index (χ4v) is 6.71. The molecule has 6 aromatic rings. The smallest absolute Gasteiger partial charge is 0.399 e. The van der Waals surface area contributed by atoms with Crippen molar-refractivity contribution in [3.63, 3.8) is 0 Å². The van der Waals surface area contributed by atoms with E-state index in [0.29, 0.717) is 0 Å². The van der Waals surface area contributed by atoms with E-state index < -0.39 is 7.32 Å². The third-order valence-electron chi connectivity index (χ3n) is 11.5. The fourth-order valence-electron chi connectivity index (χ4n) is 6.45. The van der Waals surface area contributed by atoms with E-state index in [9.17, 15) is 0 Å². The Morgan fingerprint density at radius 1 is 0.557 bits per heavy atom. The second-order valence-corrected chi connectivity index (χ2v) is 18.3. The molecule has 6 aromatic carbocycles. The Bertz CT molecular complexity index is 2210. The van der Waals surface area contributed by atoms with Crippen LogP contribution in [0.4, 0.5) is 0 Å². The SMILES string of the molecule is Brc1ccc(-c2cccc3ccccc23)cc1.C.CC(C)OB1OC(C)(C)C(C)(C)O1.CC1(C)OB(c2ccc(-c3cccc4ccccc34)cc2)OC1(C)C.[CH2-]CCC.[Li+]. The van der Waals surface area contributed by atoms with Gasteiger partial charge in [-0.2, -0.15) is 6.42 Å². The quantitative estimate of drug-likeness (QED) is 0.123. The van der Waals surface area contributed by atoms with Crippen molar-refractivity contribution in [3.05, 3.63) is 145 Å². The molecule has 61 heavy (non-hydrogen) atoms. The topological polar surface area (TPSA) is 46.2 Å². The van der Waals surface area contributed by atoms with Crippen LogP contribution in [0.25, 0.3) is 43.8 Å². The molecule has 0 saturated carbocycles. The Labute approximate surface area is 389 Å². The molecule has 2 fully saturated rings. The first-order chi connectivity index (χ1) is 27.9. The molecule has 2 aliphatic heterocycles. The first-order valence-corrected chi connectivity index (χ1v) is 21.6. The van der Waals surface area contributed by atoms with E-state index in [2.05, 4.69) is 191 Å². The number of hydrogen-bond donors (Lipinski definition) is 0. The summed E-state index contributed by atoms with van der Waals surface area (Å²) in [5.74, 6) is 0. The molecule has 2 heterocycles. The van der Waals surface area contributed by atoms with Crippen LogP contribution in [0.15, 0.2) is 138 Å². The first kappa shape index (κ1) is 52.2. The van der Waals surface area contributed by atoms with Gasteiger partial charge in [-0.25, -0.2) is 0 Å². The van der Waals surface area contributed by atoms with Crippen molar-refractivity contribution >= 4 is 57.4 Å². The number of halogens is 1. The fraction of sp³-hybridized carbons (Fsp3) is 0.365. The van der Waals surface area contributed by atoms with E-state index in [1.807, 2.05) is 41.5 Å². The zero-order chi connectivity index (χ0) is 43.0. The van der Waals surface area contributed by atoms with Gasteiger partial charge in [-0.15, -0.1) is 0 Å². The summed E-state index contributed by atoms with van der Waals surface area (Å²) >= 11 is 3.47. The number of benzene rings is 6. The summed E-state index contributed by atoms with van der Waals surface area (Å²) in [7, 11) is -0.837. The van der Waals surface area contributed by atoms with Gasteiger partial charge in [-0.3, -0.25) is 0 Å². The largest absolute Gasteiger partial charge is 1.00 e. The van der Waals surface area contributed by atoms with Gasteiger partial charge >= 0.3 is 33.3 Å². The van der Waals surface area contributed by atoms with E-state index >= 15 is 0 Å². The van der Waals surface area contributed by atoms with Crippen molar-refractivity contribution in [2.45, 2.75) is 125 Å². The maximum atomic E-state index is 6.14.